The summed E-state index contributed by atoms with van der Waals surface area (Å²) >= 11 is 0. The molecule has 2 rings (SSSR count). The van der Waals surface area contributed by atoms with E-state index in [9.17, 15) is 10.1 Å². The number of rotatable bonds is 3. The van der Waals surface area contributed by atoms with E-state index in [0.717, 1.165) is 5.56 Å². The lowest BCUT2D eigenvalue weighted by atomic mass is 10.0. The minimum absolute atomic E-state index is 0.0363. The summed E-state index contributed by atoms with van der Waals surface area (Å²) in [6.07, 6.45) is 0. The molecule has 94 valence electrons. The molecule has 0 unspecified atom stereocenters. The Labute approximate surface area is 109 Å². The Morgan fingerprint density at radius 3 is 2.42 bits per heavy atom. The Hall–Kier alpha value is -2.78. The van der Waals surface area contributed by atoms with Gasteiger partial charge in [-0.1, -0.05) is 23.8 Å². The van der Waals surface area contributed by atoms with Gasteiger partial charge in [-0.3, -0.25) is 10.1 Å². The first kappa shape index (κ1) is 12.7. The molecule has 0 bridgehead atoms. The lowest BCUT2D eigenvalue weighted by Crippen LogP contribution is -2.05. The molecule has 19 heavy (non-hydrogen) atoms. The zero-order valence-corrected chi connectivity index (χ0v) is 10.3. The molecule has 0 N–H and O–H groups in total. The number of aryl methyl sites for hydroxylation is 1. The highest BCUT2D eigenvalue weighted by molar-refractivity contribution is 6.09. The third-order valence-corrected chi connectivity index (χ3v) is 2.76. The highest BCUT2D eigenvalue weighted by Gasteiger charge is 2.17. The summed E-state index contributed by atoms with van der Waals surface area (Å²) in [4.78, 5) is 13.5. The molecule has 0 aliphatic rings. The van der Waals surface area contributed by atoms with Gasteiger partial charge in [0.1, 0.15) is 0 Å². The fourth-order valence-corrected chi connectivity index (χ4v) is 1.76. The molecule has 0 aliphatic heterocycles. The molecule has 0 saturated heterocycles. The van der Waals surface area contributed by atoms with Gasteiger partial charge < -0.3 is 5.53 Å². The van der Waals surface area contributed by atoms with Crippen LogP contribution in [-0.4, -0.2) is 15.4 Å². The number of nitro benzene ring substituents is 1. The largest absolute Gasteiger partial charge is 0.361 e. The fourth-order valence-electron chi connectivity index (χ4n) is 1.76. The maximum atomic E-state index is 10.7. The maximum Gasteiger partial charge on any atom is 0.329 e. The summed E-state index contributed by atoms with van der Waals surface area (Å²) in [5.74, 6) is 0. The molecule has 0 radical (unpaired) electrons. The summed E-state index contributed by atoms with van der Waals surface area (Å²) in [6, 6.07) is 13.4. The number of nitro groups is 1. The number of hydrogen-bond donors (Lipinski definition) is 0. The van der Waals surface area contributed by atoms with Gasteiger partial charge in [0.2, 0.25) is 0 Å². The van der Waals surface area contributed by atoms with Crippen molar-refractivity contribution in [3.8, 4) is 0 Å². The molecule has 2 aromatic carbocycles. The van der Waals surface area contributed by atoms with Gasteiger partial charge >= 0.3 is 5.71 Å². The topological polar surface area (TPSA) is 79.5 Å². The lowest BCUT2D eigenvalue weighted by Gasteiger charge is -1.98. The Kier molecular flexibility index (Phi) is 3.50. The molecule has 0 fully saturated rings. The second-order valence-electron chi connectivity index (χ2n) is 4.12. The average Bonchev–Trinajstić information content (AvgIpc) is 2.42. The summed E-state index contributed by atoms with van der Waals surface area (Å²) in [5, 5.41) is 10.7. The summed E-state index contributed by atoms with van der Waals surface area (Å²) in [6.45, 7) is 1.95. The molecule has 0 atom stereocenters. The Morgan fingerprint density at radius 1 is 1.16 bits per heavy atom. The van der Waals surface area contributed by atoms with E-state index in [-0.39, 0.29) is 5.69 Å². The van der Waals surface area contributed by atoms with Crippen LogP contribution in [0.25, 0.3) is 5.53 Å². The van der Waals surface area contributed by atoms with Gasteiger partial charge in [0.05, 0.1) is 16.1 Å². The third kappa shape index (κ3) is 2.73. The van der Waals surface area contributed by atoms with Crippen LogP contribution in [0.4, 0.5) is 5.69 Å². The van der Waals surface area contributed by atoms with Crippen LogP contribution in [0.2, 0.25) is 0 Å². The lowest BCUT2D eigenvalue weighted by molar-refractivity contribution is -0.384. The number of nitrogens with zero attached hydrogens (tertiary/aromatic N) is 3. The van der Waals surface area contributed by atoms with Crippen molar-refractivity contribution in [2.45, 2.75) is 6.92 Å². The van der Waals surface area contributed by atoms with Crippen LogP contribution < -0.4 is 0 Å². The maximum absolute atomic E-state index is 10.7. The second-order valence-corrected chi connectivity index (χ2v) is 4.12. The average molecular weight is 253 g/mol. The smallest absolute Gasteiger partial charge is 0.329 e. The minimum Gasteiger partial charge on any atom is -0.361 e. The molecule has 0 saturated carbocycles. The molecule has 0 amide bonds. The van der Waals surface area contributed by atoms with Gasteiger partial charge in [-0.15, -0.1) is 0 Å². The minimum atomic E-state index is -0.479. The summed E-state index contributed by atoms with van der Waals surface area (Å²) < 4.78 is 0. The van der Waals surface area contributed by atoms with Crippen molar-refractivity contribution in [3.05, 3.63) is 80.9 Å². The number of non-ortho nitro benzene ring substituents is 1. The van der Waals surface area contributed by atoms with Crippen LogP contribution >= 0.6 is 0 Å². The van der Waals surface area contributed by atoms with Crippen LogP contribution in [0.3, 0.4) is 0 Å². The molecule has 0 heterocycles. The van der Waals surface area contributed by atoms with E-state index in [1.807, 2.05) is 31.2 Å². The van der Waals surface area contributed by atoms with Gasteiger partial charge in [0.25, 0.3) is 5.69 Å². The first-order chi connectivity index (χ1) is 9.11. The predicted octanol–water partition coefficient (Wildman–Crippen LogP) is 2.97. The Morgan fingerprint density at radius 2 is 1.84 bits per heavy atom. The van der Waals surface area contributed by atoms with E-state index in [4.69, 9.17) is 5.53 Å². The van der Waals surface area contributed by atoms with Gasteiger partial charge in [0.15, 0.2) is 0 Å². The number of benzene rings is 2. The Bertz CT molecular complexity index is 671. The first-order valence-electron chi connectivity index (χ1n) is 5.66. The van der Waals surface area contributed by atoms with Crippen molar-refractivity contribution in [1.29, 1.82) is 0 Å². The SMILES string of the molecule is Cc1ccc(C(=[N+]=[N-])c2cccc([N+](=O)[O-])c2)cc1. The van der Waals surface area contributed by atoms with Crippen molar-refractivity contribution in [1.82, 2.24) is 0 Å². The van der Waals surface area contributed by atoms with Crippen molar-refractivity contribution < 1.29 is 9.71 Å². The van der Waals surface area contributed by atoms with E-state index in [0.29, 0.717) is 16.8 Å². The zero-order chi connectivity index (χ0) is 13.8. The van der Waals surface area contributed by atoms with Gasteiger partial charge in [-0.2, -0.15) is 4.79 Å². The van der Waals surface area contributed by atoms with Crippen LogP contribution in [0.1, 0.15) is 16.7 Å². The number of hydrogen-bond acceptors (Lipinski definition) is 2. The molecule has 0 spiro atoms. The molecule has 2 aromatic rings. The fraction of sp³-hybridized carbons (Fsp3) is 0.0714. The van der Waals surface area contributed by atoms with E-state index < -0.39 is 4.92 Å². The quantitative estimate of drug-likeness (QED) is 0.277. The van der Waals surface area contributed by atoms with Gasteiger partial charge in [-0.05, 0) is 25.1 Å². The Balaban J connectivity index is 2.49. The van der Waals surface area contributed by atoms with Crippen LogP contribution in [0.5, 0.6) is 0 Å². The van der Waals surface area contributed by atoms with Crippen LogP contribution in [-0.2, 0) is 0 Å². The predicted molar refractivity (Wildman–Crippen MR) is 71.1 cm³/mol. The van der Waals surface area contributed by atoms with E-state index in [2.05, 4.69) is 4.79 Å². The van der Waals surface area contributed by atoms with Crippen molar-refractivity contribution in [3.63, 3.8) is 0 Å². The molecular weight excluding hydrogens is 242 g/mol. The van der Waals surface area contributed by atoms with Crippen LogP contribution in [0.15, 0.2) is 48.5 Å². The standard InChI is InChI=1S/C14H11N3O2/c1-10-5-7-11(8-6-10)14(16-15)12-3-2-4-13(9-12)17(18)19/h2-9H,1H3. The van der Waals surface area contributed by atoms with Crippen molar-refractivity contribution >= 4 is 11.4 Å². The first-order valence-corrected chi connectivity index (χ1v) is 5.66. The zero-order valence-electron chi connectivity index (χ0n) is 10.3. The highest BCUT2D eigenvalue weighted by atomic mass is 16.6. The second kappa shape index (κ2) is 5.25. The van der Waals surface area contributed by atoms with E-state index in [1.54, 1.807) is 12.1 Å². The van der Waals surface area contributed by atoms with Gasteiger partial charge in [0, 0.05) is 12.1 Å². The van der Waals surface area contributed by atoms with Crippen molar-refractivity contribution in [2.24, 2.45) is 0 Å². The molecular formula is C14H11N3O2. The summed E-state index contributed by atoms with van der Waals surface area (Å²) in [7, 11) is 0. The molecule has 0 aliphatic carbocycles. The monoisotopic (exact) mass is 253 g/mol. The molecule has 0 aromatic heterocycles. The van der Waals surface area contributed by atoms with Crippen LogP contribution in [0, 0.1) is 17.0 Å². The third-order valence-electron chi connectivity index (χ3n) is 2.76. The summed E-state index contributed by atoms with van der Waals surface area (Å²) in [5.41, 5.74) is 11.7. The molecule has 5 nitrogen and oxygen atoms in total. The normalized spacial score (nSPS) is 9.74. The highest BCUT2D eigenvalue weighted by Crippen LogP contribution is 2.16. The van der Waals surface area contributed by atoms with E-state index in [1.165, 1.54) is 12.1 Å². The van der Waals surface area contributed by atoms with E-state index >= 15 is 0 Å². The van der Waals surface area contributed by atoms with Crippen molar-refractivity contribution in [2.75, 3.05) is 0 Å². The van der Waals surface area contributed by atoms with Gasteiger partial charge in [-0.25, -0.2) is 0 Å². The molecule has 5 heteroatoms.